The van der Waals surface area contributed by atoms with Crippen LogP contribution in [0, 0.1) is 0 Å². The summed E-state index contributed by atoms with van der Waals surface area (Å²) < 4.78 is 0. The molecule has 0 aromatic heterocycles. The summed E-state index contributed by atoms with van der Waals surface area (Å²) >= 11 is 0. The Kier molecular flexibility index (Phi) is 6.66. The van der Waals surface area contributed by atoms with Crippen molar-refractivity contribution in [2.75, 3.05) is 39.6 Å². The van der Waals surface area contributed by atoms with Crippen molar-refractivity contribution in [1.82, 2.24) is 10.2 Å². The lowest BCUT2D eigenvalue weighted by Gasteiger charge is -2.26. The number of rotatable bonds is 6. The number of nitrogens with zero attached hydrogens (tertiary/aromatic N) is 2. The first-order valence-corrected chi connectivity index (χ1v) is 9.42. The maximum atomic E-state index is 12.6. The van der Waals surface area contributed by atoms with Crippen LogP contribution in [0.2, 0.25) is 0 Å². The van der Waals surface area contributed by atoms with Gasteiger partial charge in [-0.1, -0.05) is 45.0 Å². The van der Waals surface area contributed by atoms with E-state index in [9.17, 15) is 4.79 Å². The number of nitrogens with one attached hydrogen (secondary N) is 1. The number of carbonyl (C=O) groups excluding carboxylic acids is 1. The number of anilines is 1. The molecule has 4 nitrogen and oxygen atoms in total. The predicted molar refractivity (Wildman–Crippen MR) is 115 cm³/mol. The van der Waals surface area contributed by atoms with E-state index in [0.717, 1.165) is 0 Å². The molecule has 0 fully saturated rings. The van der Waals surface area contributed by atoms with Crippen LogP contribution in [0.25, 0.3) is 0 Å². The Hall–Kier alpha value is -2.33. The van der Waals surface area contributed by atoms with Crippen LogP contribution in [0.15, 0.2) is 48.5 Å². The van der Waals surface area contributed by atoms with Crippen LogP contribution in [0.3, 0.4) is 0 Å². The minimum Gasteiger partial charge on any atom is -0.378 e. The molecule has 0 saturated heterocycles. The summed E-state index contributed by atoms with van der Waals surface area (Å²) in [7, 11) is 8.14. The van der Waals surface area contributed by atoms with Crippen LogP contribution in [0.4, 0.5) is 5.69 Å². The van der Waals surface area contributed by atoms with Gasteiger partial charge in [0.1, 0.15) is 0 Å². The Bertz CT molecular complexity index is 741. The Labute approximate surface area is 164 Å². The highest BCUT2D eigenvalue weighted by Crippen LogP contribution is 2.23. The van der Waals surface area contributed by atoms with Crippen molar-refractivity contribution in [3.63, 3.8) is 0 Å². The van der Waals surface area contributed by atoms with Crippen molar-refractivity contribution in [2.45, 2.75) is 32.2 Å². The molecule has 0 saturated carbocycles. The number of hydrogen-bond donors (Lipinski definition) is 1. The molecule has 0 spiro atoms. The lowest BCUT2D eigenvalue weighted by Crippen LogP contribution is -2.34. The highest BCUT2D eigenvalue weighted by molar-refractivity contribution is 5.94. The highest BCUT2D eigenvalue weighted by Gasteiger charge is 2.17. The first-order chi connectivity index (χ1) is 12.6. The zero-order valence-corrected chi connectivity index (χ0v) is 17.7. The van der Waals surface area contributed by atoms with Gasteiger partial charge in [0.2, 0.25) is 0 Å². The maximum Gasteiger partial charge on any atom is 0.251 e. The van der Waals surface area contributed by atoms with Gasteiger partial charge in [0.15, 0.2) is 0 Å². The second-order valence-corrected chi connectivity index (χ2v) is 8.50. The van der Waals surface area contributed by atoms with Crippen molar-refractivity contribution >= 4 is 11.6 Å². The van der Waals surface area contributed by atoms with Crippen LogP contribution < -0.4 is 10.2 Å². The fraction of sp³-hybridized carbons (Fsp3) is 0.435. The van der Waals surface area contributed by atoms with E-state index in [4.69, 9.17) is 0 Å². The molecule has 1 amide bonds. The Balaban J connectivity index is 2.06. The molecule has 1 atom stereocenters. The van der Waals surface area contributed by atoms with Crippen molar-refractivity contribution in [3.05, 3.63) is 65.2 Å². The molecule has 2 aromatic rings. The van der Waals surface area contributed by atoms with Gasteiger partial charge in [-0.05, 0) is 54.9 Å². The van der Waals surface area contributed by atoms with Gasteiger partial charge in [0.25, 0.3) is 5.91 Å². The number of likely N-dealkylation sites (N-methyl/N-ethyl adjacent to an activating group) is 1. The summed E-state index contributed by atoms with van der Waals surface area (Å²) in [5.41, 5.74) is 4.37. The van der Waals surface area contributed by atoms with Crippen molar-refractivity contribution < 1.29 is 4.79 Å². The third-order valence-electron chi connectivity index (χ3n) is 4.89. The third kappa shape index (κ3) is 5.57. The summed E-state index contributed by atoms with van der Waals surface area (Å²) in [6.07, 6.45) is 0. The Morgan fingerprint density at radius 3 is 1.93 bits per heavy atom. The maximum absolute atomic E-state index is 12.6. The fourth-order valence-corrected chi connectivity index (χ4v) is 3.01. The quantitative estimate of drug-likeness (QED) is 0.835. The lowest BCUT2D eigenvalue weighted by atomic mass is 9.87. The van der Waals surface area contributed by atoms with E-state index in [2.05, 4.69) is 60.2 Å². The summed E-state index contributed by atoms with van der Waals surface area (Å²) in [6, 6.07) is 16.5. The van der Waals surface area contributed by atoms with Gasteiger partial charge in [-0.3, -0.25) is 4.79 Å². The highest BCUT2D eigenvalue weighted by atomic mass is 16.1. The van der Waals surface area contributed by atoms with E-state index < -0.39 is 0 Å². The second kappa shape index (κ2) is 8.57. The summed E-state index contributed by atoms with van der Waals surface area (Å²) in [5, 5.41) is 3.08. The van der Waals surface area contributed by atoms with Crippen molar-refractivity contribution in [3.8, 4) is 0 Å². The van der Waals surface area contributed by atoms with Crippen LogP contribution >= 0.6 is 0 Å². The molecule has 1 N–H and O–H groups in total. The molecule has 0 aliphatic rings. The van der Waals surface area contributed by atoms with Crippen molar-refractivity contribution in [1.29, 1.82) is 0 Å². The summed E-state index contributed by atoms with van der Waals surface area (Å²) in [6.45, 7) is 7.08. The smallest absolute Gasteiger partial charge is 0.251 e. The van der Waals surface area contributed by atoms with Gasteiger partial charge in [-0.25, -0.2) is 0 Å². The molecule has 0 bridgehead atoms. The molecule has 4 heteroatoms. The van der Waals surface area contributed by atoms with Crippen LogP contribution in [0.1, 0.15) is 48.3 Å². The number of amides is 1. The zero-order chi connectivity index (χ0) is 20.2. The molecule has 0 heterocycles. The average molecular weight is 368 g/mol. The standard InChI is InChI=1S/C23H33N3O/c1-23(2,3)19-12-8-18(9-13-19)22(27)24-16-21(26(6)7)17-10-14-20(15-11-17)25(4)5/h8-15,21H,16H2,1-7H3,(H,24,27)/t21-/m0/s1. The van der Waals surface area contributed by atoms with Gasteiger partial charge in [-0.15, -0.1) is 0 Å². The minimum atomic E-state index is -0.0350. The molecular formula is C23H33N3O. The van der Waals surface area contributed by atoms with Gasteiger partial charge in [0.05, 0.1) is 6.04 Å². The molecular weight excluding hydrogens is 334 g/mol. The number of benzene rings is 2. The topological polar surface area (TPSA) is 35.6 Å². The number of carbonyl (C=O) groups is 1. The first-order valence-electron chi connectivity index (χ1n) is 9.42. The largest absolute Gasteiger partial charge is 0.378 e. The third-order valence-corrected chi connectivity index (χ3v) is 4.89. The molecule has 146 valence electrons. The van der Waals surface area contributed by atoms with E-state index in [1.807, 2.05) is 52.5 Å². The lowest BCUT2D eigenvalue weighted by molar-refractivity contribution is 0.0942. The Morgan fingerprint density at radius 1 is 0.926 bits per heavy atom. The predicted octanol–water partition coefficient (Wildman–Crippen LogP) is 4.08. The van der Waals surface area contributed by atoms with E-state index in [-0.39, 0.29) is 17.4 Å². The molecule has 2 aromatic carbocycles. The summed E-state index contributed by atoms with van der Waals surface area (Å²) in [4.78, 5) is 16.8. The number of hydrogen-bond acceptors (Lipinski definition) is 3. The van der Waals surface area contributed by atoms with Crippen LogP contribution in [-0.4, -0.2) is 45.5 Å². The van der Waals surface area contributed by atoms with Crippen LogP contribution in [-0.2, 0) is 5.41 Å². The molecule has 0 aliphatic heterocycles. The fourth-order valence-electron chi connectivity index (χ4n) is 3.01. The van der Waals surface area contributed by atoms with Crippen LogP contribution in [0.5, 0.6) is 0 Å². The molecule has 2 rings (SSSR count). The average Bonchev–Trinajstić information content (AvgIpc) is 2.61. The summed E-state index contributed by atoms with van der Waals surface area (Å²) in [5.74, 6) is -0.0350. The molecule has 0 aliphatic carbocycles. The van der Waals surface area contributed by atoms with Gasteiger partial charge < -0.3 is 15.1 Å². The van der Waals surface area contributed by atoms with E-state index >= 15 is 0 Å². The van der Waals surface area contributed by atoms with E-state index in [0.29, 0.717) is 12.1 Å². The Morgan fingerprint density at radius 2 is 1.48 bits per heavy atom. The van der Waals surface area contributed by atoms with E-state index in [1.165, 1.54) is 16.8 Å². The van der Waals surface area contributed by atoms with Gasteiger partial charge in [0, 0.05) is 31.9 Å². The molecule has 0 unspecified atom stereocenters. The van der Waals surface area contributed by atoms with Gasteiger partial charge >= 0.3 is 0 Å². The molecule has 0 radical (unpaired) electrons. The molecule has 27 heavy (non-hydrogen) atoms. The zero-order valence-electron chi connectivity index (χ0n) is 17.7. The van der Waals surface area contributed by atoms with E-state index in [1.54, 1.807) is 0 Å². The minimum absolute atomic E-state index is 0.0350. The van der Waals surface area contributed by atoms with Gasteiger partial charge in [-0.2, -0.15) is 0 Å². The second-order valence-electron chi connectivity index (χ2n) is 8.50. The normalized spacial score (nSPS) is 12.7. The first kappa shape index (κ1) is 21.0. The SMILES string of the molecule is CN(C)c1ccc([C@H](CNC(=O)c2ccc(C(C)(C)C)cc2)N(C)C)cc1. The van der Waals surface area contributed by atoms with Crippen molar-refractivity contribution in [2.24, 2.45) is 0 Å². The monoisotopic (exact) mass is 367 g/mol.